The minimum Gasteiger partial charge on any atom is -0.493 e. The van der Waals surface area contributed by atoms with E-state index in [9.17, 15) is 14.3 Å². The summed E-state index contributed by atoms with van der Waals surface area (Å²) in [6.07, 6.45) is 2.02. The minimum atomic E-state index is -1.01. The third-order valence-electron chi connectivity index (χ3n) is 6.93. The number of benzene rings is 3. The van der Waals surface area contributed by atoms with Crippen LogP contribution in [0.2, 0.25) is 10.0 Å². The van der Waals surface area contributed by atoms with E-state index >= 15 is 0 Å². The maximum atomic E-state index is 12.6. The summed E-state index contributed by atoms with van der Waals surface area (Å²) < 4.78 is 25.0. The normalized spacial score (nSPS) is 17.6. The number of fused-ring (bicyclic) bond motifs is 1. The van der Waals surface area contributed by atoms with Crippen molar-refractivity contribution in [3.8, 4) is 11.5 Å². The highest BCUT2D eigenvalue weighted by molar-refractivity contribution is 6.36. The van der Waals surface area contributed by atoms with Crippen LogP contribution < -0.4 is 9.47 Å². The van der Waals surface area contributed by atoms with Gasteiger partial charge in [0.15, 0.2) is 0 Å². The van der Waals surface area contributed by atoms with Crippen molar-refractivity contribution in [3.63, 3.8) is 0 Å². The van der Waals surface area contributed by atoms with Gasteiger partial charge in [0.05, 0.1) is 18.8 Å². The van der Waals surface area contributed by atoms with Crippen LogP contribution >= 0.6 is 23.2 Å². The van der Waals surface area contributed by atoms with Gasteiger partial charge in [-0.25, -0.2) is 4.79 Å². The molecule has 38 heavy (non-hydrogen) atoms. The molecule has 0 spiro atoms. The average Bonchev–Trinajstić information content (AvgIpc) is 3.25. The van der Waals surface area contributed by atoms with Gasteiger partial charge in [-0.15, -0.1) is 0 Å². The van der Waals surface area contributed by atoms with Crippen molar-refractivity contribution < 1.29 is 23.8 Å². The number of hydrogen-bond acceptors (Lipinski definition) is 4. The monoisotopic (exact) mass is 555 g/mol. The first-order valence-corrected chi connectivity index (χ1v) is 13.4. The Balaban J connectivity index is 1.57. The van der Waals surface area contributed by atoms with Gasteiger partial charge in [-0.2, -0.15) is 0 Å². The summed E-state index contributed by atoms with van der Waals surface area (Å²) in [5.74, 6) is 0.230. The molecular formula is C30H28Cl2FNO4. The first-order valence-electron chi connectivity index (χ1n) is 12.7. The number of carboxylic acids is 1. The minimum absolute atomic E-state index is 0.0342. The molecule has 1 atom stereocenters. The SMILES string of the molecule is O=C(O)c1ccc2c(c1)OCCC(c1ccc(Cl)cc1Cl)=C2c1cccc(OC2CCN(CCCF)C2)c1. The Kier molecular flexibility index (Phi) is 8.22. The first-order chi connectivity index (χ1) is 18.4. The molecule has 198 valence electrons. The van der Waals surface area contributed by atoms with Crippen LogP contribution in [0.4, 0.5) is 4.39 Å². The second kappa shape index (κ2) is 11.8. The van der Waals surface area contributed by atoms with Crippen molar-refractivity contribution in [2.45, 2.75) is 25.4 Å². The number of hydrogen-bond donors (Lipinski definition) is 1. The predicted molar refractivity (Wildman–Crippen MR) is 148 cm³/mol. The number of carboxylic acid groups (broad SMARTS) is 1. The zero-order chi connectivity index (χ0) is 26.6. The van der Waals surface area contributed by atoms with Gasteiger partial charge >= 0.3 is 5.97 Å². The van der Waals surface area contributed by atoms with Crippen molar-refractivity contribution in [1.82, 2.24) is 4.90 Å². The van der Waals surface area contributed by atoms with E-state index in [2.05, 4.69) is 4.90 Å². The molecule has 0 radical (unpaired) electrons. The number of nitrogens with zero attached hydrogens (tertiary/aromatic N) is 1. The highest BCUT2D eigenvalue weighted by Crippen LogP contribution is 2.44. The highest BCUT2D eigenvalue weighted by Gasteiger charge is 2.26. The largest absolute Gasteiger partial charge is 0.493 e. The van der Waals surface area contributed by atoms with E-state index in [0.29, 0.717) is 35.2 Å². The smallest absolute Gasteiger partial charge is 0.335 e. The molecule has 2 heterocycles. The van der Waals surface area contributed by atoms with Gasteiger partial charge in [0.2, 0.25) is 0 Å². The number of aromatic carboxylic acids is 1. The van der Waals surface area contributed by atoms with Crippen molar-refractivity contribution in [2.75, 3.05) is 32.9 Å². The lowest BCUT2D eigenvalue weighted by molar-refractivity contribution is 0.0696. The Bertz CT molecular complexity index is 1380. The van der Waals surface area contributed by atoms with Crippen molar-refractivity contribution in [3.05, 3.63) is 93.0 Å². The van der Waals surface area contributed by atoms with Crippen LogP contribution in [-0.4, -0.2) is 55.0 Å². The molecule has 0 bridgehead atoms. The third kappa shape index (κ3) is 5.83. The second-order valence-electron chi connectivity index (χ2n) is 9.49. The zero-order valence-corrected chi connectivity index (χ0v) is 22.3. The molecule has 2 aliphatic heterocycles. The Morgan fingerprint density at radius 3 is 2.74 bits per heavy atom. The van der Waals surface area contributed by atoms with Gasteiger partial charge in [-0.05, 0) is 77.6 Å². The summed E-state index contributed by atoms with van der Waals surface area (Å²) in [6, 6.07) is 18.3. The maximum Gasteiger partial charge on any atom is 0.335 e. The third-order valence-corrected chi connectivity index (χ3v) is 7.48. The van der Waals surface area contributed by atoms with Crippen LogP contribution in [0.3, 0.4) is 0 Å². The Morgan fingerprint density at radius 2 is 1.95 bits per heavy atom. The van der Waals surface area contributed by atoms with E-state index in [1.807, 2.05) is 36.4 Å². The Labute approximate surface area is 231 Å². The van der Waals surface area contributed by atoms with Gasteiger partial charge < -0.3 is 14.6 Å². The molecule has 8 heteroatoms. The molecule has 0 saturated carbocycles. The van der Waals surface area contributed by atoms with Crippen LogP contribution in [0.5, 0.6) is 11.5 Å². The molecule has 0 amide bonds. The van der Waals surface area contributed by atoms with E-state index in [4.69, 9.17) is 32.7 Å². The summed E-state index contributed by atoms with van der Waals surface area (Å²) in [4.78, 5) is 13.9. The number of rotatable bonds is 8. The molecule has 1 saturated heterocycles. The lowest BCUT2D eigenvalue weighted by Crippen LogP contribution is -2.26. The molecule has 2 aliphatic rings. The van der Waals surface area contributed by atoms with Crippen LogP contribution in [0.1, 0.15) is 46.3 Å². The molecule has 1 fully saturated rings. The number of ether oxygens (including phenoxy) is 2. The molecule has 1 N–H and O–H groups in total. The molecule has 3 aromatic rings. The van der Waals surface area contributed by atoms with Crippen LogP contribution in [0.25, 0.3) is 11.1 Å². The first kappa shape index (κ1) is 26.5. The van der Waals surface area contributed by atoms with Gasteiger partial charge in [-0.3, -0.25) is 9.29 Å². The number of likely N-dealkylation sites (tertiary alicyclic amines) is 1. The van der Waals surface area contributed by atoms with Crippen molar-refractivity contribution >= 4 is 40.3 Å². The quantitative estimate of drug-likeness (QED) is 0.317. The maximum absolute atomic E-state index is 12.6. The fourth-order valence-corrected chi connectivity index (χ4v) is 5.68. The number of alkyl halides is 1. The van der Waals surface area contributed by atoms with E-state index in [0.717, 1.165) is 59.6 Å². The molecular weight excluding hydrogens is 528 g/mol. The standard InChI is InChI=1S/C30H28Cl2FNO4/c31-21-6-8-24(27(32)17-21)25-10-14-37-28-16-20(30(35)36)5-7-26(28)29(25)19-3-1-4-22(15-19)38-23-9-13-34(18-23)12-2-11-33/h1,3-8,15-17,23H,2,9-14,18H2,(H,35,36). The van der Waals surface area contributed by atoms with E-state index in [1.54, 1.807) is 24.3 Å². The average molecular weight is 556 g/mol. The van der Waals surface area contributed by atoms with Gasteiger partial charge in [-0.1, -0.05) is 41.4 Å². The fourth-order valence-electron chi connectivity index (χ4n) is 5.16. The van der Waals surface area contributed by atoms with E-state index in [-0.39, 0.29) is 18.3 Å². The van der Waals surface area contributed by atoms with Crippen LogP contribution in [0.15, 0.2) is 60.7 Å². The molecule has 0 aliphatic carbocycles. The van der Waals surface area contributed by atoms with Gasteiger partial charge in [0.1, 0.15) is 17.6 Å². The predicted octanol–water partition coefficient (Wildman–Crippen LogP) is 7.25. The molecule has 1 unspecified atom stereocenters. The molecule has 0 aromatic heterocycles. The van der Waals surface area contributed by atoms with Crippen LogP contribution in [0, 0.1) is 0 Å². The number of halogens is 3. The van der Waals surface area contributed by atoms with Crippen LogP contribution in [-0.2, 0) is 0 Å². The summed E-state index contributed by atoms with van der Waals surface area (Å²) >= 11 is 12.9. The fraction of sp³-hybridized carbons (Fsp3) is 0.300. The molecule has 5 rings (SSSR count). The zero-order valence-electron chi connectivity index (χ0n) is 20.8. The van der Waals surface area contributed by atoms with E-state index < -0.39 is 5.97 Å². The second-order valence-corrected chi connectivity index (χ2v) is 10.3. The van der Waals surface area contributed by atoms with Crippen molar-refractivity contribution in [1.29, 1.82) is 0 Å². The topological polar surface area (TPSA) is 59.0 Å². The van der Waals surface area contributed by atoms with Gasteiger partial charge in [0.25, 0.3) is 0 Å². The summed E-state index contributed by atoms with van der Waals surface area (Å²) in [6.45, 7) is 2.46. The summed E-state index contributed by atoms with van der Waals surface area (Å²) in [7, 11) is 0. The number of carbonyl (C=O) groups is 1. The molecule has 5 nitrogen and oxygen atoms in total. The highest BCUT2D eigenvalue weighted by atomic mass is 35.5. The Hall–Kier alpha value is -3.06. The van der Waals surface area contributed by atoms with Crippen molar-refractivity contribution in [2.24, 2.45) is 0 Å². The Morgan fingerprint density at radius 1 is 1.11 bits per heavy atom. The lowest BCUT2D eigenvalue weighted by Gasteiger charge is -2.19. The van der Waals surface area contributed by atoms with Gasteiger partial charge in [0, 0.05) is 41.7 Å². The molecule has 3 aromatic carbocycles. The lowest BCUT2D eigenvalue weighted by atomic mass is 9.87. The summed E-state index contributed by atoms with van der Waals surface area (Å²) in [5, 5.41) is 10.6. The van der Waals surface area contributed by atoms with E-state index in [1.165, 1.54) is 0 Å². The summed E-state index contributed by atoms with van der Waals surface area (Å²) in [5.41, 5.74) is 4.57.